The summed E-state index contributed by atoms with van der Waals surface area (Å²) >= 11 is 0. The highest BCUT2D eigenvalue weighted by atomic mass is 16.5. The Kier molecular flexibility index (Phi) is 3.34. The molecule has 0 aromatic rings. The molecule has 1 rings (SSSR count). The Bertz CT molecular complexity index is 161. The minimum atomic E-state index is -0.192. The van der Waals surface area contributed by atoms with Crippen LogP contribution in [0.2, 0.25) is 0 Å². The predicted molar refractivity (Wildman–Crippen MR) is 46.1 cm³/mol. The van der Waals surface area contributed by atoms with Crippen molar-refractivity contribution in [3.8, 4) is 0 Å². The van der Waals surface area contributed by atoms with Crippen molar-refractivity contribution in [1.29, 1.82) is 0 Å². The van der Waals surface area contributed by atoms with E-state index in [0.717, 1.165) is 25.9 Å². The number of rotatable bonds is 3. The number of hydrogen-bond acceptors (Lipinski definition) is 3. The van der Waals surface area contributed by atoms with Gasteiger partial charge in [0, 0.05) is 12.6 Å². The highest BCUT2D eigenvalue weighted by Crippen LogP contribution is 2.20. The maximum atomic E-state index is 11.1. The second-order valence-corrected chi connectivity index (χ2v) is 3.00. The molecule has 0 aromatic heterocycles. The summed E-state index contributed by atoms with van der Waals surface area (Å²) in [5.41, 5.74) is 0. The van der Waals surface area contributed by atoms with E-state index in [1.807, 2.05) is 7.05 Å². The zero-order chi connectivity index (χ0) is 8.97. The van der Waals surface area contributed by atoms with Gasteiger partial charge in [-0.05, 0) is 26.4 Å². The van der Waals surface area contributed by atoms with Crippen molar-refractivity contribution in [3.05, 3.63) is 0 Å². The van der Waals surface area contributed by atoms with Gasteiger partial charge in [-0.15, -0.1) is 0 Å². The summed E-state index contributed by atoms with van der Waals surface area (Å²) in [4.78, 5) is 12.8. The SMILES string of the molecule is CNCCC1CCN1C(=O)OC. The van der Waals surface area contributed by atoms with Crippen LogP contribution in [-0.4, -0.2) is 44.3 Å². The third-order valence-electron chi connectivity index (χ3n) is 2.28. The van der Waals surface area contributed by atoms with Crippen molar-refractivity contribution < 1.29 is 9.53 Å². The smallest absolute Gasteiger partial charge is 0.409 e. The summed E-state index contributed by atoms with van der Waals surface area (Å²) in [7, 11) is 3.34. The first-order valence-electron chi connectivity index (χ1n) is 4.28. The second-order valence-electron chi connectivity index (χ2n) is 3.00. The summed E-state index contributed by atoms with van der Waals surface area (Å²) in [6.45, 7) is 1.80. The van der Waals surface area contributed by atoms with Crippen LogP contribution in [0, 0.1) is 0 Å². The molecule has 1 heterocycles. The molecule has 0 radical (unpaired) electrons. The Morgan fingerprint density at radius 1 is 1.75 bits per heavy atom. The van der Waals surface area contributed by atoms with Gasteiger partial charge >= 0.3 is 6.09 Å². The van der Waals surface area contributed by atoms with Crippen molar-refractivity contribution >= 4 is 6.09 Å². The molecule has 0 spiro atoms. The number of methoxy groups -OCH3 is 1. The maximum Gasteiger partial charge on any atom is 0.409 e. The van der Waals surface area contributed by atoms with E-state index in [1.165, 1.54) is 7.11 Å². The summed E-state index contributed by atoms with van der Waals surface area (Å²) in [6, 6.07) is 0.393. The van der Waals surface area contributed by atoms with E-state index in [4.69, 9.17) is 0 Å². The molecule has 0 saturated carbocycles. The number of hydrogen-bond donors (Lipinski definition) is 1. The van der Waals surface area contributed by atoms with Gasteiger partial charge in [0.05, 0.1) is 7.11 Å². The van der Waals surface area contributed by atoms with Crippen LogP contribution in [0.15, 0.2) is 0 Å². The lowest BCUT2D eigenvalue weighted by Gasteiger charge is -2.39. The molecule has 1 amide bonds. The molecule has 4 heteroatoms. The van der Waals surface area contributed by atoms with Gasteiger partial charge in [-0.1, -0.05) is 0 Å². The number of nitrogens with zero attached hydrogens (tertiary/aromatic N) is 1. The standard InChI is InChI=1S/C8H16N2O2/c1-9-5-3-7-4-6-10(7)8(11)12-2/h7,9H,3-6H2,1-2H3. The van der Waals surface area contributed by atoms with E-state index in [9.17, 15) is 4.79 Å². The molecule has 1 aliphatic rings. The van der Waals surface area contributed by atoms with E-state index in [-0.39, 0.29) is 6.09 Å². The number of carbonyl (C=O) groups excluding carboxylic acids is 1. The molecule has 1 N–H and O–H groups in total. The molecule has 70 valence electrons. The number of nitrogens with one attached hydrogen (secondary N) is 1. The number of amides is 1. The van der Waals surface area contributed by atoms with Gasteiger partial charge in [-0.2, -0.15) is 0 Å². The van der Waals surface area contributed by atoms with Crippen LogP contribution in [0.4, 0.5) is 4.79 Å². The van der Waals surface area contributed by atoms with Gasteiger partial charge in [0.1, 0.15) is 0 Å². The van der Waals surface area contributed by atoms with Gasteiger partial charge in [-0.25, -0.2) is 4.79 Å². The molecule has 4 nitrogen and oxygen atoms in total. The van der Waals surface area contributed by atoms with Crippen LogP contribution in [0.1, 0.15) is 12.8 Å². The Labute approximate surface area is 72.9 Å². The summed E-state index contributed by atoms with van der Waals surface area (Å²) in [5.74, 6) is 0. The van der Waals surface area contributed by atoms with Gasteiger partial charge in [0.15, 0.2) is 0 Å². The summed E-state index contributed by atoms with van der Waals surface area (Å²) < 4.78 is 4.63. The van der Waals surface area contributed by atoms with E-state index >= 15 is 0 Å². The molecule has 12 heavy (non-hydrogen) atoms. The van der Waals surface area contributed by atoms with E-state index < -0.39 is 0 Å². The summed E-state index contributed by atoms with van der Waals surface area (Å²) in [5, 5.41) is 3.07. The molecule has 1 unspecified atom stereocenters. The van der Waals surface area contributed by atoms with Gasteiger partial charge in [0.2, 0.25) is 0 Å². The van der Waals surface area contributed by atoms with Crippen LogP contribution in [0.25, 0.3) is 0 Å². The van der Waals surface area contributed by atoms with Crippen molar-refractivity contribution in [2.24, 2.45) is 0 Å². The lowest BCUT2D eigenvalue weighted by Crippen LogP contribution is -2.51. The topological polar surface area (TPSA) is 41.6 Å². The predicted octanol–water partition coefficient (Wildman–Crippen LogP) is 0.437. The normalized spacial score (nSPS) is 21.8. The molecule has 0 bridgehead atoms. The fourth-order valence-electron chi connectivity index (χ4n) is 1.41. The lowest BCUT2D eigenvalue weighted by atomic mass is 10.0. The zero-order valence-corrected chi connectivity index (χ0v) is 7.67. The van der Waals surface area contributed by atoms with Gasteiger partial charge < -0.3 is 15.0 Å². The van der Waals surface area contributed by atoms with Crippen molar-refractivity contribution in [2.45, 2.75) is 18.9 Å². The number of likely N-dealkylation sites (tertiary alicyclic amines) is 1. The minimum Gasteiger partial charge on any atom is -0.453 e. The lowest BCUT2D eigenvalue weighted by molar-refractivity contribution is 0.0584. The monoisotopic (exact) mass is 172 g/mol. The highest BCUT2D eigenvalue weighted by Gasteiger charge is 2.31. The van der Waals surface area contributed by atoms with Crippen LogP contribution < -0.4 is 5.32 Å². The first kappa shape index (κ1) is 9.32. The Morgan fingerprint density at radius 2 is 2.50 bits per heavy atom. The molecule has 1 aliphatic heterocycles. The summed E-state index contributed by atoms with van der Waals surface area (Å²) in [6.07, 6.45) is 1.94. The fourth-order valence-corrected chi connectivity index (χ4v) is 1.41. The number of ether oxygens (including phenoxy) is 1. The molecular formula is C8H16N2O2. The molecule has 0 aliphatic carbocycles. The van der Waals surface area contributed by atoms with Crippen LogP contribution in [0.5, 0.6) is 0 Å². The Balaban J connectivity index is 2.24. The third-order valence-corrected chi connectivity index (χ3v) is 2.28. The Morgan fingerprint density at radius 3 is 2.92 bits per heavy atom. The molecule has 0 aromatic carbocycles. The molecule has 1 saturated heterocycles. The van der Waals surface area contributed by atoms with E-state index in [2.05, 4.69) is 10.1 Å². The number of carbonyl (C=O) groups is 1. The van der Waals surface area contributed by atoms with Crippen molar-refractivity contribution in [3.63, 3.8) is 0 Å². The molecular weight excluding hydrogens is 156 g/mol. The minimum absolute atomic E-state index is 0.192. The second kappa shape index (κ2) is 4.30. The van der Waals surface area contributed by atoms with Crippen LogP contribution in [-0.2, 0) is 4.74 Å². The van der Waals surface area contributed by atoms with Crippen LogP contribution in [0.3, 0.4) is 0 Å². The quantitative estimate of drug-likeness (QED) is 0.671. The Hall–Kier alpha value is -0.770. The van der Waals surface area contributed by atoms with Gasteiger partial charge in [-0.3, -0.25) is 0 Å². The molecule has 1 atom stereocenters. The first-order chi connectivity index (χ1) is 5.79. The highest BCUT2D eigenvalue weighted by molar-refractivity contribution is 5.68. The van der Waals surface area contributed by atoms with Crippen molar-refractivity contribution in [1.82, 2.24) is 10.2 Å². The largest absolute Gasteiger partial charge is 0.453 e. The average Bonchev–Trinajstić information content (AvgIpc) is 2.03. The zero-order valence-electron chi connectivity index (χ0n) is 7.67. The average molecular weight is 172 g/mol. The van der Waals surface area contributed by atoms with E-state index in [1.54, 1.807) is 4.90 Å². The van der Waals surface area contributed by atoms with E-state index in [0.29, 0.717) is 6.04 Å². The van der Waals surface area contributed by atoms with Crippen molar-refractivity contribution in [2.75, 3.05) is 27.2 Å². The van der Waals surface area contributed by atoms with Gasteiger partial charge in [0.25, 0.3) is 0 Å². The molecule has 1 fully saturated rings. The maximum absolute atomic E-state index is 11.1. The third kappa shape index (κ3) is 1.88. The first-order valence-corrected chi connectivity index (χ1v) is 4.28. The fraction of sp³-hybridized carbons (Fsp3) is 0.875. The van der Waals surface area contributed by atoms with Crippen LogP contribution >= 0.6 is 0 Å².